The number of sulfone groups is 1. The Morgan fingerprint density at radius 3 is 2.53 bits per heavy atom. The number of hydrogen-bond acceptors (Lipinski definition) is 9. The monoisotopic (exact) mass is 528 g/mol. The van der Waals surface area contributed by atoms with Crippen molar-refractivity contribution in [3.63, 3.8) is 0 Å². The van der Waals surface area contributed by atoms with Crippen molar-refractivity contribution in [2.45, 2.75) is 13.3 Å². The zero-order chi connectivity index (χ0) is 25.7. The third kappa shape index (κ3) is 5.94. The molecule has 0 unspecified atom stereocenters. The van der Waals surface area contributed by atoms with Gasteiger partial charge in [0.1, 0.15) is 5.75 Å². The van der Waals surface area contributed by atoms with Crippen LogP contribution >= 0.6 is 11.8 Å². The van der Waals surface area contributed by atoms with Crippen LogP contribution in [-0.2, 0) is 14.6 Å². The summed E-state index contributed by atoms with van der Waals surface area (Å²) >= 11 is 0.742. The standard InChI is InChI=1S/C24H24N4O6S2/c1-3-32-20-15-16(10-11-19(20)34-13-7-12-33-17-8-5-4-6-9-17)14-18-21(25)28-23(26-22(18)29)35-24(27-28)36(2,30)31/h4-6,8-11,14-15,25H,3,7,12-13H2,1-2H3/b18-14-,25-21?. The zero-order valence-corrected chi connectivity index (χ0v) is 21.3. The van der Waals surface area contributed by atoms with Crippen LogP contribution in [0.25, 0.3) is 6.08 Å². The van der Waals surface area contributed by atoms with Gasteiger partial charge in [-0.25, -0.2) is 8.42 Å². The lowest BCUT2D eigenvalue weighted by molar-refractivity contribution is -0.114. The molecule has 2 aliphatic rings. The molecule has 1 N–H and O–H groups in total. The Hall–Kier alpha value is -3.64. The normalized spacial score (nSPS) is 16.5. The summed E-state index contributed by atoms with van der Waals surface area (Å²) in [5.41, 5.74) is 0.566. The second kappa shape index (κ2) is 11.0. The molecule has 12 heteroatoms. The van der Waals surface area contributed by atoms with Gasteiger partial charge in [-0.3, -0.25) is 10.2 Å². The lowest BCUT2D eigenvalue weighted by Gasteiger charge is -2.20. The average Bonchev–Trinajstić information content (AvgIpc) is 3.28. The van der Waals surface area contributed by atoms with Crippen LogP contribution in [0.4, 0.5) is 0 Å². The lowest BCUT2D eigenvalue weighted by atomic mass is 10.1. The zero-order valence-electron chi connectivity index (χ0n) is 19.6. The molecule has 0 fully saturated rings. The van der Waals surface area contributed by atoms with Crippen LogP contribution < -0.4 is 14.2 Å². The fourth-order valence-corrected chi connectivity index (χ4v) is 4.93. The number of nitrogens with one attached hydrogen (secondary N) is 1. The van der Waals surface area contributed by atoms with E-state index >= 15 is 0 Å². The molecule has 0 bridgehead atoms. The summed E-state index contributed by atoms with van der Waals surface area (Å²) in [5, 5.41) is 13.4. The molecule has 4 rings (SSSR count). The summed E-state index contributed by atoms with van der Waals surface area (Å²) in [6.45, 7) is 3.18. The van der Waals surface area contributed by atoms with Gasteiger partial charge >= 0.3 is 0 Å². The summed E-state index contributed by atoms with van der Waals surface area (Å²) in [7, 11) is -3.60. The molecule has 0 radical (unpaired) electrons. The van der Waals surface area contributed by atoms with E-state index in [1.807, 2.05) is 37.3 Å². The van der Waals surface area contributed by atoms with E-state index in [0.717, 1.165) is 28.8 Å². The number of thioether (sulfide) groups is 1. The molecule has 0 atom stereocenters. The van der Waals surface area contributed by atoms with Crippen LogP contribution in [0.1, 0.15) is 18.9 Å². The van der Waals surface area contributed by atoms with Gasteiger partial charge < -0.3 is 14.2 Å². The SMILES string of the molecule is CCOc1cc(/C=C2/C(=N)N3N=C(S(C)(=O)=O)SC3=NC2=O)ccc1OCCCOc1ccccc1. The number of aliphatic imine (C=N–C) groups is 1. The maximum absolute atomic E-state index is 12.6. The number of ether oxygens (including phenoxy) is 3. The van der Waals surface area contributed by atoms with Crippen molar-refractivity contribution in [3.05, 3.63) is 59.7 Å². The summed E-state index contributed by atoms with van der Waals surface area (Å²) < 4.78 is 40.7. The molecule has 1 amide bonds. The van der Waals surface area contributed by atoms with Crippen LogP contribution in [-0.4, -0.2) is 60.8 Å². The Kier molecular flexibility index (Phi) is 7.75. The number of hydrazone groups is 1. The molecule has 2 heterocycles. The van der Waals surface area contributed by atoms with Crippen molar-refractivity contribution in [1.29, 1.82) is 5.41 Å². The average molecular weight is 529 g/mol. The largest absolute Gasteiger partial charge is 0.493 e. The molecule has 0 saturated carbocycles. The van der Waals surface area contributed by atoms with Crippen molar-refractivity contribution < 1.29 is 27.4 Å². The predicted molar refractivity (Wildman–Crippen MR) is 140 cm³/mol. The summed E-state index contributed by atoms with van der Waals surface area (Å²) in [6.07, 6.45) is 3.17. The van der Waals surface area contributed by atoms with Gasteiger partial charge in [-0.2, -0.15) is 10.0 Å². The molecular weight excluding hydrogens is 504 g/mol. The molecule has 0 aliphatic carbocycles. The summed E-state index contributed by atoms with van der Waals surface area (Å²) in [5.74, 6) is 0.925. The van der Waals surface area contributed by atoms with E-state index in [0.29, 0.717) is 43.3 Å². The number of fused-ring (bicyclic) bond motifs is 1. The maximum Gasteiger partial charge on any atom is 0.283 e. The van der Waals surface area contributed by atoms with E-state index in [1.54, 1.807) is 18.2 Å². The van der Waals surface area contributed by atoms with Gasteiger partial charge in [0, 0.05) is 12.7 Å². The molecule has 188 valence electrons. The highest BCUT2D eigenvalue weighted by Gasteiger charge is 2.38. The van der Waals surface area contributed by atoms with Crippen LogP contribution in [0.2, 0.25) is 0 Å². The van der Waals surface area contributed by atoms with E-state index < -0.39 is 15.7 Å². The van der Waals surface area contributed by atoms with Crippen LogP contribution in [0.5, 0.6) is 17.2 Å². The second-order valence-electron chi connectivity index (χ2n) is 7.66. The number of para-hydroxylation sites is 1. The van der Waals surface area contributed by atoms with Crippen molar-refractivity contribution in [2.75, 3.05) is 26.1 Å². The highest BCUT2D eigenvalue weighted by atomic mass is 32.3. The Labute approximate surface area is 213 Å². The Bertz CT molecular complexity index is 1370. The van der Waals surface area contributed by atoms with Crippen molar-refractivity contribution >= 4 is 49.0 Å². The van der Waals surface area contributed by atoms with E-state index in [9.17, 15) is 13.2 Å². The van der Waals surface area contributed by atoms with E-state index in [-0.39, 0.29) is 21.0 Å². The van der Waals surface area contributed by atoms with Gasteiger partial charge in [0.05, 0.1) is 25.4 Å². The van der Waals surface area contributed by atoms with Crippen molar-refractivity contribution in [3.8, 4) is 17.2 Å². The van der Waals surface area contributed by atoms with E-state index in [4.69, 9.17) is 19.6 Å². The molecule has 0 saturated heterocycles. The molecule has 2 aromatic carbocycles. The number of hydrogen-bond donors (Lipinski definition) is 1. The van der Waals surface area contributed by atoms with Gasteiger partial charge in [0.2, 0.25) is 19.4 Å². The molecule has 2 aliphatic heterocycles. The molecule has 2 aromatic rings. The van der Waals surface area contributed by atoms with Crippen molar-refractivity contribution in [1.82, 2.24) is 5.01 Å². The van der Waals surface area contributed by atoms with Gasteiger partial charge in [-0.05, 0) is 54.6 Å². The lowest BCUT2D eigenvalue weighted by Crippen LogP contribution is -2.35. The third-order valence-electron chi connectivity index (χ3n) is 4.89. The Morgan fingerprint density at radius 2 is 1.81 bits per heavy atom. The Balaban J connectivity index is 1.45. The number of amidine groups is 2. The highest BCUT2D eigenvalue weighted by molar-refractivity contribution is 8.42. The first kappa shape index (κ1) is 25.5. The Morgan fingerprint density at radius 1 is 1.06 bits per heavy atom. The summed E-state index contributed by atoms with van der Waals surface area (Å²) in [4.78, 5) is 16.5. The van der Waals surface area contributed by atoms with Crippen LogP contribution in [0.3, 0.4) is 0 Å². The van der Waals surface area contributed by atoms with Crippen LogP contribution in [0.15, 0.2) is 64.2 Å². The first-order chi connectivity index (χ1) is 17.3. The quantitative estimate of drug-likeness (QED) is 0.386. The molecule has 36 heavy (non-hydrogen) atoms. The minimum absolute atomic E-state index is 0.0213. The smallest absolute Gasteiger partial charge is 0.283 e. The molecule has 0 spiro atoms. The number of rotatable bonds is 9. The maximum atomic E-state index is 12.6. The predicted octanol–water partition coefficient (Wildman–Crippen LogP) is 3.55. The topological polar surface area (TPSA) is 131 Å². The first-order valence-electron chi connectivity index (χ1n) is 11.0. The van der Waals surface area contributed by atoms with E-state index in [1.165, 1.54) is 6.08 Å². The first-order valence-corrected chi connectivity index (χ1v) is 13.7. The molecule has 0 aromatic heterocycles. The minimum Gasteiger partial charge on any atom is -0.493 e. The number of nitrogens with zero attached hydrogens (tertiary/aromatic N) is 3. The van der Waals surface area contributed by atoms with Gasteiger partial charge in [0.25, 0.3) is 5.91 Å². The third-order valence-corrected chi connectivity index (χ3v) is 7.47. The fourth-order valence-electron chi connectivity index (χ4n) is 3.24. The number of benzene rings is 2. The van der Waals surface area contributed by atoms with Gasteiger partial charge in [0.15, 0.2) is 17.3 Å². The molecule has 10 nitrogen and oxygen atoms in total. The van der Waals surface area contributed by atoms with E-state index in [2.05, 4.69) is 10.1 Å². The highest BCUT2D eigenvalue weighted by Crippen LogP contribution is 2.32. The molecular formula is C24H24N4O6S2. The number of carbonyl (C=O) groups excluding carboxylic acids is 1. The van der Waals surface area contributed by atoms with Crippen molar-refractivity contribution in [2.24, 2.45) is 10.1 Å². The minimum atomic E-state index is -3.60. The fraction of sp³-hybridized carbons (Fsp3) is 0.250. The second-order valence-corrected chi connectivity index (χ2v) is 10.8. The van der Waals surface area contributed by atoms with Gasteiger partial charge in [-0.1, -0.05) is 24.3 Å². The number of amides is 1. The van der Waals surface area contributed by atoms with Gasteiger partial charge in [-0.15, -0.1) is 5.10 Å². The van der Waals surface area contributed by atoms with Crippen LogP contribution in [0, 0.1) is 5.41 Å². The summed E-state index contributed by atoms with van der Waals surface area (Å²) in [6, 6.07) is 14.7. The number of carbonyl (C=O) groups is 1.